The van der Waals surface area contributed by atoms with Crippen molar-refractivity contribution in [1.82, 2.24) is 4.90 Å². The van der Waals surface area contributed by atoms with Crippen molar-refractivity contribution in [2.45, 2.75) is 44.6 Å². The Morgan fingerprint density at radius 3 is 2.46 bits per heavy atom. The lowest BCUT2D eigenvalue weighted by Gasteiger charge is -2.46. The fourth-order valence-electron chi connectivity index (χ4n) is 4.57. The number of likely N-dealkylation sites (tertiary alicyclic amines) is 1. The lowest BCUT2D eigenvalue weighted by atomic mass is 9.84. The summed E-state index contributed by atoms with van der Waals surface area (Å²) in [6, 6.07) is 10.5. The minimum absolute atomic E-state index is 0.173. The van der Waals surface area contributed by atoms with Gasteiger partial charge in [0.05, 0.1) is 7.11 Å². The zero-order valence-corrected chi connectivity index (χ0v) is 21.0. The number of hydrogen-bond donors (Lipinski definition) is 2. The average Bonchev–Trinajstić information content (AvgIpc) is 3.37. The molecule has 0 radical (unpaired) electrons. The van der Waals surface area contributed by atoms with Crippen molar-refractivity contribution in [1.29, 1.82) is 0 Å². The number of esters is 1. The van der Waals surface area contributed by atoms with Gasteiger partial charge in [-0.05, 0) is 42.5 Å². The van der Waals surface area contributed by atoms with Crippen LogP contribution in [-0.2, 0) is 23.9 Å². The number of amides is 2. The fourth-order valence-corrected chi connectivity index (χ4v) is 5.38. The lowest BCUT2D eigenvalue weighted by molar-refractivity contribution is -0.151. The number of nitrogens with one attached hydrogen (secondary N) is 1. The molecule has 10 heteroatoms. The molecular weight excluding hydrogens is 470 g/mol. The van der Waals surface area contributed by atoms with Crippen molar-refractivity contribution >= 4 is 46.5 Å². The number of carbonyl (C=O) groups is 4. The first kappa shape index (κ1) is 26.4. The van der Waals surface area contributed by atoms with E-state index in [1.807, 2.05) is 22.4 Å². The summed E-state index contributed by atoms with van der Waals surface area (Å²) in [5.74, 6) is -2.56. The molecule has 1 unspecified atom stereocenters. The van der Waals surface area contributed by atoms with Crippen LogP contribution >= 0.6 is 11.3 Å². The minimum Gasteiger partial charge on any atom is -0.481 e. The summed E-state index contributed by atoms with van der Waals surface area (Å²) in [4.78, 5) is 54.2. The monoisotopic (exact) mass is 501 g/mol. The third-order valence-corrected chi connectivity index (χ3v) is 7.26. The topological polar surface area (TPSA) is 116 Å². The summed E-state index contributed by atoms with van der Waals surface area (Å²) in [5, 5.41) is 14.3. The quantitative estimate of drug-likeness (QED) is 0.506. The van der Waals surface area contributed by atoms with Gasteiger partial charge in [-0.25, -0.2) is 4.79 Å². The number of anilines is 2. The van der Waals surface area contributed by atoms with Crippen LogP contribution in [0.15, 0.2) is 41.8 Å². The summed E-state index contributed by atoms with van der Waals surface area (Å²) in [7, 11) is 1.30. The number of thiophene rings is 1. The summed E-state index contributed by atoms with van der Waals surface area (Å²) in [6.45, 7) is 4.28. The molecule has 188 valence electrons. The Morgan fingerprint density at radius 1 is 1.20 bits per heavy atom. The zero-order chi connectivity index (χ0) is 25.6. The fraction of sp³-hybridized carbons (Fsp3) is 0.440. The van der Waals surface area contributed by atoms with Crippen molar-refractivity contribution in [2.75, 3.05) is 37.0 Å². The highest BCUT2D eigenvalue weighted by Crippen LogP contribution is 2.37. The molecule has 0 saturated carbocycles. The van der Waals surface area contributed by atoms with Gasteiger partial charge in [0.15, 0.2) is 0 Å². The van der Waals surface area contributed by atoms with E-state index >= 15 is 0 Å². The second-order valence-corrected chi connectivity index (χ2v) is 9.52. The minimum atomic E-state index is -1.24. The third-order valence-electron chi connectivity index (χ3n) is 6.28. The molecule has 1 saturated heterocycles. The van der Waals surface area contributed by atoms with Crippen LogP contribution in [0.4, 0.5) is 11.4 Å². The van der Waals surface area contributed by atoms with Crippen LogP contribution in [0.5, 0.6) is 0 Å². The van der Waals surface area contributed by atoms with Gasteiger partial charge in [-0.15, -0.1) is 11.3 Å². The first-order chi connectivity index (χ1) is 16.7. The second-order valence-electron chi connectivity index (χ2n) is 8.54. The Kier molecular flexibility index (Phi) is 8.63. The Bertz CT molecular complexity index is 1060. The summed E-state index contributed by atoms with van der Waals surface area (Å²) >= 11 is 1.41. The van der Waals surface area contributed by atoms with E-state index in [9.17, 15) is 24.3 Å². The van der Waals surface area contributed by atoms with Crippen LogP contribution in [0.1, 0.15) is 43.9 Å². The van der Waals surface area contributed by atoms with E-state index in [0.29, 0.717) is 31.0 Å². The maximum Gasteiger partial charge on any atom is 0.332 e. The van der Waals surface area contributed by atoms with Gasteiger partial charge < -0.3 is 20.1 Å². The molecule has 1 aliphatic heterocycles. The summed E-state index contributed by atoms with van der Waals surface area (Å²) in [5.41, 5.74) is -0.236. The number of hydrogen-bond acceptors (Lipinski definition) is 7. The van der Waals surface area contributed by atoms with Crippen LogP contribution < -0.4 is 10.2 Å². The largest absolute Gasteiger partial charge is 0.481 e. The van der Waals surface area contributed by atoms with Gasteiger partial charge in [-0.1, -0.05) is 19.1 Å². The van der Waals surface area contributed by atoms with Gasteiger partial charge in [0, 0.05) is 49.2 Å². The highest BCUT2D eigenvalue weighted by atomic mass is 32.1. The average molecular weight is 502 g/mol. The van der Waals surface area contributed by atoms with Crippen molar-refractivity contribution in [3.05, 3.63) is 46.7 Å². The van der Waals surface area contributed by atoms with E-state index in [1.165, 1.54) is 30.3 Å². The Labute approximate surface area is 208 Å². The SMILES string of the molecule is CCC(=O)N(c1cccc(NC(C)=O)c1)C1(C(=O)OC)CCN(CC(C(=O)O)c2cccs2)CC1. The number of aliphatic carboxylic acids is 1. The molecule has 0 spiro atoms. The molecule has 1 atom stereocenters. The van der Waals surface area contributed by atoms with E-state index in [2.05, 4.69) is 5.32 Å². The number of carboxylic acids is 1. The molecule has 1 aromatic carbocycles. The number of methoxy groups -OCH3 is 1. The molecule has 2 heterocycles. The molecule has 2 aromatic rings. The van der Waals surface area contributed by atoms with E-state index in [1.54, 1.807) is 31.2 Å². The zero-order valence-electron chi connectivity index (χ0n) is 20.2. The third kappa shape index (κ3) is 5.88. The summed E-state index contributed by atoms with van der Waals surface area (Å²) in [6.07, 6.45) is 0.741. The Hall–Kier alpha value is -3.24. The number of piperidine rings is 1. The highest BCUT2D eigenvalue weighted by Gasteiger charge is 2.50. The maximum atomic E-state index is 13.2. The van der Waals surface area contributed by atoms with Crippen LogP contribution in [0.2, 0.25) is 0 Å². The number of rotatable bonds is 9. The normalized spacial score (nSPS) is 16.2. The Morgan fingerprint density at radius 2 is 1.91 bits per heavy atom. The lowest BCUT2D eigenvalue weighted by Crippen LogP contribution is -2.63. The molecular formula is C25H31N3O6S. The first-order valence-corrected chi connectivity index (χ1v) is 12.4. The molecule has 9 nitrogen and oxygen atoms in total. The predicted molar refractivity (Wildman–Crippen MR) is 134 cm³/mol. The molecule has 2 amide bonds. The molecule has 0 bridgehead atoms. The van der Waals surface area contributed by atoms with Crippen molar-refractivity contribution in [2.24, 2.45) is 0 Å². The standard InChI is InChI=1S/C25H31N3O6S/c1-4-22(30)28(19-8-5-7-18(15-19)26-17(2)29)25(24(33)34-3)10-12-27(13-11-25)16-20(23(31)32)21-9-6-14-35-21/h5-9,14-15,20H,4,10-13,16H2,1-3H3,(H,26,29)(H,31,32). The van der Waals surface area contributed by atoms with Gasteiger partial charge in [0.25, 0.3) is 0 Å². The summed E-state index contributed by atoms with van der Waals surface area (Å²) < 4.78 is 5.18. The molecule has 1 aromatic heterocycles. The molecule has 3 rings (SSSR count). The second kappa shape index (κ2) is 11.5. The first-order valence-electron chi connectivity index (χ1n) is 11.5. The molecule has 1 aliphatic rings. The van der Waals surface area contributed by atoms with Gasteiger partial charge in [0.1, 0.15) is 11.5 Å². The number of benzene rings is 1. The number of carbonyl (C=O) groups excluding carboxylic acids is 3. The van der Waals surface area contributed by atoms with E-state index in [4.69, 9.17) is 4.74 Å². The highest BCUT2D eigenvalue weighted by molar-refractivity contribution is 7.10. The number of carboxylic acid groups (broad SMARTS) is 1. The molecule has 1 fully saturated rings. The number of nitrogens with zero attached hydrogens (tertiary/aromatic N) is 2. The van der Waals surface area contributed by atoms with Crippen LogP contribution in [0, 0.1) is 0 Å². The van der Waals surface area contributed by atoms with E-state index in [-0.39, 0.29) is 31.1 Å². The van der Waals surface area contributed by atoms with E-state index < -0.39 is 23.4 Å². The number of ether oxygens (including phenoxy) is 1. The Balaban J connectivity index is 1.90. The molecule has 2 N–H and O–H groups in total. The van der Waals surface area contributed by atoms with Crippen LogP contribution in [-0.4, -0.2) is 66.0 Å². The van der Waals surface area contributed by atoms with E-state index in [0.717, 1.165) is 4.88 Å². The maximum absolute atomic E-state index is 13.2. The van der Waals surface area contributed by atoms with Crippen molar-refractivity contribution < 1.29 is 29.0 Å². The van der Waals surface area contributed by atoms with Crippen LogP contribution in [0.25, 0.3) is 0 Å². The van der Waals surface area contributed by atoms with Gasteiger partial charge in [-0.3, -0.25) is 19.3 Å². The predicted octanol–water partition coefficient (Wildman–Crippen LogP) is 3.33. The molecule has 0 aliphatic carbocycles. The van der Waals surface area contributed by atoms with Crippen molar-refractivity contribution in [3.63, 3.8) is 0 Å². The van der Waals surface area contributed by atoms with Gasteiger partial charge in [0.2, 0.25) is 11.8 Å². The molecule has 35 heavy (non-hydrogen) atoms. The van der Waals surface area contributed by atoms with Gasteiger partial charge in [-0.2, -0.15) is 0 Å². The smallest absolute Gasteiger partial charge is 0.332 e. The van der Waals surface area contributed by atoms with Crippen LogP contribution in [0.3, 0.4) is 0 Å². The van der Waals surface area contributed by atoms with Gasteiger partial charge >= 0.3 is 11.9 Å². The van der Waals surface area contributed by atoms with Crippen molar-refractivity contribution in [3.8, 4) is 0 Å².